The van der Waals surface area contributed by atoms with E-state index in [9.17, 15) is 4.79 Å². The number of aromatic nitrogens is 1. The zero-order valence-electron chi connectivity index (χ0n) is 10.4. The summed E-state index contributed by atoms with van der Waals surface area (Å²) in [6.07, 6.45) is 1.83. The molecule has 90 valence electrons. The topological polar surface area (TPSA) is 24.7 Å². The highest BCUT2D eigenvalue weighted by atomic mass is 16.1. The SMILES string of the molecule is CN(C)c1ccn2c(=O)c3ccccc3cc2c1. The molecule has 0 atom stereocenters. The fourth-order valence-electron chi connectivity index (χ4n) is 2.19. The molecule has 0 aliphatic rings. The summed E-state index contributed by atoms with van der Waals surface area (Å²) >= 11 is 0. The molecule has 3 aromatic rings. The number of fused-ring (bicyclic) bond motifs is 2. The Kier molecular flexibility index (Phi) is 2.33. The van der Waals surface area contributed by atoms with Crippen LogP contribution in [-0.4, -0.2) is 18.5 Å². The van der Waals surface area contributed by atoms with Crippen molar-refractivity contribution in [3.8, 4) is 0 Å². The van der Waals surface area contributed by atoms with Gasteiger partial charge < -0.3 is 4.90 Å². The third kappa shape index (κ3) is 1.56. The minimum absolute atomic E-state index is 0.0356. The standard InChI is InChI=1S/C15H14N2O/c1-16(2)12-7-8-17-13(10-12)9-11-5-3-4-6-14(11)15(17)18/h3-10H,1-2H3. The molecule has 0 fully saturated rings. The molecule has 2 aromatic heterocycles. The Morgan fingerprint density at radius 3 is 2.61 bits per heavy atom. The Balaban J connectivity index is 2.44. The van der Waals surface area contributed by atoms with Crippen LogP contribution in [0.25, 0.3) is 16.3 Å². The number of hydrogen-bond acceptors (Lipinski definition) is 2. The van der Waals surface area contributed by atoms with Crippen LogP contribution in [0.2, 0.25) is 0 Å². The highest BCUT2D eigenvalue weighted by Crippen LogP contribution is 2.17. The molecule has 0 saturated carbocycles. The largest absolute Gasteiger partial charge is 0.378 e. The molecule has 0 aliphatic heterocycles. The van der Waals surface area contributed by atoms with Crippen LogP contribution in [-0.2, 0) is 0 Å². The van der Waals surface area contributed by atoms with Gasteiger partial charge in [0.05, 0.1) is 5.52 Å². The monoisotopic (exact) mass is 238 g/mol. The summed E-state index contributed by atoms with van der Waals surface area (Å²) in [6, 6.07) is 13.7. The van der Waals surface area contributed by atoms with Gasteiger partial charge in [-0.05, 0) is 29.7 Å². The lowest BCUT2D eigenvalue weighted by atomic mass is 10.1. The number of rotatable bonds is 1. The van der Waals surface area contributed by atoms with Gasteiger partial charge in [-0.1, -0.05) is 18.2 Å². The van der Waals surface area contributed by atoms with Crippen LogP contribution in [0.3, 0.4) is 0 Å². The van der Waals surface area contributed by atoms with Crippen molar-refractivity contribution in [1.29, 1.82) is 0 Å². The number of anilines is 1. The lowest BCUT2D eigenvalue weighted by Gasteiger charge is -2.13. The predicted octanol–water partition coefficient (Wildman–Crippen LogP) is 2.52. The smallest absolute Gasteiger partial charge is 0.262 e. The molecule has 0 saturated heterocycles. The maximum absolute atomic E-state index is 12.3. The number of nitrogens with zero attached hydrogens (tertiary/aromatic N) is 2. The number of benzene rings is 1. The van der Waals surface area contributed by atoms with E-state index in [-0.39, 0.29) is 5.56 Å². The van der Waals surface area contributed by atoms with Gasteiger partial charge in [0.25, 0.3) is 5.56 Å². The van der Waals surface area contributed by atoms with Crippen molar-refractivity contribution < 1.29 is 0 Å². The summed E-state index contributed by atoms with van der Waals surface area (Å²) in [5, 5.41) is 1.74. The van der Waals surface area contributed by atoms with Gasteiger partial charge in [-0.2, -0.15) is 0 Å². The van der Waals surface area contributed by atoms with Gasteiger partial charge in [-0.3, -0.25) is 9.20 Å². The Labute approximate surface area is 105 Å². The molecule has 3 rings (SSSR count). The van der Waals surface area contributed by atoms with Crippen LogP contribution in [0.5, 0.6) is 0 Å². The number of pyridine rings is 2. The van der Waals surface area contributed by atoms with Gasteiger partial charge in [0.1, 0.15) is 0 Å². The summed E-state index contributed by atoms with van der Waals surface area (Å²) in [4.78, 5) is 14.3. The highest BCUT2D eigenvalue weighted by Gasteiger charge is 2.04. The van der Waals surface area contributed by atoms with E-state index in [1.165, 1.54) is 0 Å². The van der Waals surface area contributed by atoms with Crippen molar-refractivity contribution >= 4 is 22.0 Å². The van der Waals surface area contributed by atoms with E-state index in [1.807, 2.05) is 67.7 Å². The van der Waals surface area contributed by atoms with Gasteiger partial charge >= 0.3 is 0 Å². The summed E-state index contributed by atoms with van der Waals surface area (Å²) < 4.78 is 1.69. The van der Waals surface area contributed by atoms with Gasteiger partial charge in [0.15, 0.2) is 0 Å². The van der Waals surface area contributed by atoms with Crippen molar-refractivity contribution in [3.63, 3.8) is 0 Å². The Hall–Kier alpha value is -2.29. The van der Waals surface area contributed by atoms with Crippen LogP contribution >= 0.6 is 0 Å². The molecule has 0 amide bonds. The molecule has 0 unspecified atom stereocenters. The average Bonchev–Trinajstić information content (AvgIpc) is 2.38. The Morgan fingerprint density at radius 1 is 1.06 bits per heavy atom. The summed E-state index contributed by atoms with van der Waals surface area (Å²) in [5.41, 5.74) is 2.04. The lowest BCUT2D eigenvalue weighted by Crippen LogP contribution is -2.15. The fourth-order valence-corrected chi connectivity index (χ4v) is 2.19. The zero-order valence-corrected chi connectivity index (χ0v) is 10.4. The molecule has 0 N–H and O–H groups in total. The summed E-state index contributed by atoms with van der Waals surface area (Å²) in [6.45, 7) is 0. The molecule has 0 aliphatic carbocycles. The third-order valence-electron chi connectivity index (χ3n) is 3.20. The molecule has 1 aromatic carbocycles. The van der Waals surface area contributed by atoms with E-state index in [0.717, 1.165) is 22.0 Å². The van der Waals surface area contributed by atoms with Crippen LogP contribution < -0.4 is 10.5 Å². The van der Waals surface area contributed by atoms with Crippen LogP contribution in [0, 0.1) is 0 Å². The maximum Gasteiger partial charge on any atom is 0.262 e. The Morgan fingerprint density at radius 2 is 1.83 bits per heavy atom. The molecule has 0 spiro atoms. The van der Waals surface area contributed by atoms with Gasteiger partial charge in [0, 0.05) is 31.4 Å². The maximum atomic E-state index is 12.3. The Bertz CT molecular complexity index is 787. The highest BCUT2D eigenvalue weighted by molar-refractivity contribution is 5.85. The van der Waals surface area contributed by atoms with E-state index in [2.05, 4.69) is 0 Å². The minimum atomic E-state index is 0.0356. The van der Waals surface area contributed by atoms with E-state index >= 15 is 0 Å². The molecule has 0 radical (unpaired) electrons. The van der Waals surface area contributed by atoms with Crippen molar-refractivity contribution in [3.05, 3.63) is 59.0 Å². The second-order valence-corrected chi connectivity index (χ2v) is 4.61. The summed E-state index contributed by atoms with van der Waals surface area (Å²) in [5.74, 6) is 0. The quantitative estimate of drug-likeness (QED) is 0.608. The van der Waals surface area contributed by atoms with E-state index in [1.54, 1.807) is 4.40 Å². The van der Waals surface area contributed by atoms with Crippen molar-refractivity contribution in [2.24, 2.45) is 0 Å². The second-order valence-electron chi connectivity index (χ2n) is 4.61. The first-order chi connectivity index (χ1) is 8.66. The fraction of sp³-hybridized carbons (Fsp3) is 0.133. The van der Waals surface area contributed by atoms with Crippen LogP contribution in [0.4, 0.5) is 5.69 Å². The lowest BCUT2D eigenvalue weighted by molar-refractivity contribution is 1.08. The first-order valence-electron chi connectivity index (χ1n) is 5.88. The van der Waals surface area contributed by atoms with Gasteiger partial charge in [0.2, 0.25) is 0 Å². The number of hydrogen-bond donors (Lipinski definition) is 0. The van der Waals surface area contributed by atoms with Crippen molar-refractivity contribution in [2.45, 2.75) is 0 Å². The van der Waals surface area contributed by atoms with E-state index in [0.29, 0.717) is 0 Å². The molecule has 18 heavy (non-hydrogen) atoms. The third-order valence-corrected chi connectivity index (χ3v) is 3.20. The van der Waals surface area contributed by atoms with Gasteiger partial charge in [-0.25, -0.2) is 0 Å². The molecule has 3 heteroatoms. The summed E-state index contributed by atoms with van der Waals surface area (Å²) in [7, 11) is 3.98. The predicted molar refractivity (Wildman–Crippen MR) is 75.5 cm³/mol. The minimum Gasteiger partial charge on any atom is -0.378 e. The molecule has 2 heterocycles. The molecule has 3 nitrogen and oxygen atoms in total. The average molecular weight is 238 g/mol. The molecular weight excluding hydrogens is 224 g/mol. The molecular formula is C15H14N2O. The molecule has 0 bridgehead atoms. The van der Waals surface area contributed by atoms with E-state index < -0.39 is 0 Å². The van der Waals surface area contributed by atoms with Crippen LogP contribution in [0.15, 0.2) is 53.5 Å². The van der Waals surface area contributed by atoms with Crippen molar-refractivity contribution in [1.82, 2.24) is 4.40 Å². The zero-order chi connectivity index (χ0) is 12.7. The second kappa shape index (κ2) is 3.88. The first-order valence-corrected chi connectivity index (χ1v) is 5.88. The first kappa shape index (κ1) is 10.8. The van der Waals surface area contributed by atoms with Gasteiger partial charge in [-0.15, -0.1) is 0 Å². The van der Waals surface area contributed by atoms with E-state index in [4.69, 9.17) is 0 Å². The van der Waals surface area contributed by atoms with Crippen LogP contribution in [0.1, 0.15) is 0 Å². The normalized spacial score (nSPS) is 11.0. The van der Waals surface area contributed by atoms with Crippen molar-refractivity contribution in [2.75, 3.05) is 19.0 Å².